The van der Waals surface area contributed by atoms with Crippen LogP contribution in [0.1, 0.15) is 5.56 Å². The van der Waals surface area contributed by atoms with E-state index in [9.17, 15) is 4.79 Å². The molecule has 0 unspecified atom stereocenters. The maximum atomic E-state index is 11.1. The Balaban J connectivity index is 2.04. The number of aromatic nitrogens is 2. The molecule has 0 aliphatic heterocycles. The van der Waals surface area contributed by atoms with Crippen LogP contribution in [0, 0.1) is 0 Å². The largest absolute Gasteiger partial charge is 0.276 e. The fraction of sp³-hybridized carbons (Fsp3) is 0.0714. The number of carbonyl (C=O) groups is 1. The van der Waals surface area contributed by atoms with Crippen LogP contribution < -0.4 is 0 Å². The molecule has 3 aromatic rings. The van der Waals surface area contributed by atoms with Gasteiger partial charge in [0.05, 0.1) is 17.6 Å². The Morgan fingerprint density at radius 2 is 1.79 bits per heavy atom. The predicted molar refractivity (Wildman–Crippen MR) is 77.6 cm³/mol. The van der Waals surface area contributed by atoms with Crippen LogP contribution in [0.25, 0.3) is 11.0 Å². The lowest BCUT2D eigenvalue weighted by molar-refractivity contribution is 0.514. The van der Waals surface area contributed by atoms with Crippen LogP contribution in [0.2, 0.25) is 10.0 Å². The van der Waals surface area contributed by atoms with Crippen LogP contribution in [0.15, 0.2) is 42.5 Å². The number of hydrogen-bond acceptors (Lipinski definition) is 1. The lowest BCUT2D eigenvalue weighted by Gasteiger charge is -2.22. The first kappa shape index (κ1) is 12.3. The fourth-order valence-corrected chi connectivity index (χ4v) is 2.63. The van der Waals surface area contributed by atoms with Crippen LogP contribution in [0.4, 0.5) is 0 Å². The van der Waals surface area contributed by atoms with Gasteiger partial charge in [-0.2, -0.15) is 0 Å². The summed E-state index contributed by atoms with van der Waals surface area (Å²) in [6, 6.07) is 13.1. The van der Waals surface area contributed by atoms with Crippen molar-refractivity contribution in [1.82, 2.24) is 9.36 Å². The van der Waals surface area contributed by atoms with Gasteiger partial charge in [-0.3, -0.25) is 9.48 Å². The molecule has 3 rings (SSSR count). The van der Waals surface area contributed by atoms with Crippen molar-refractivity contribution in [1.29, 1.82) is 0 Å². The number of carbonyl (C=O) groups excluding carboxylic acids is 1. The molecular weight excluding hydrogens is 283 g/mol. The molecule has 2 aromatic carbocycles. The van der Waals surface area contributed by atoms with E-state index < -0.39 is 0 Å². The number of benzene rings is 2. The van der Waals surface area contributed by atoms with Gasteiger partial charge in [0.1, 0.15) is 0 Å². The molecule has 1 heterocycles. The van der Waals surface area contributed by atoms with Crippen molar-refractivity contribution in [3.8, 4) is 0 Å². The summed E-state index contributed by atoms with van der Waals surface area (Å²) in [6.07, 6.45) is 0.798. The van der Waals surface area contributed by atoms with Gasteiger partial charge in [0.2, 0.25) is 6.41 Å². The van der Waals surface area contributed by atoms with Gasteiger partial charge in [-0.1, -0.05) is 41.4 Å². The van der Waals surface area contributed by atoms with Gasteiger partial charge in [0, 0.05) is 10.0 Å². The van der Waals surface area contributed by atoms with Crippen molar-refractivity contribution >= 4 is 40.6 Å². The minimum absolute atomic E-state index is 0.533. The van der Waals surface area contributed by atoms with E-state index in [4.69, 9.17) is 23.2 Å². The van der Waals surface area contributed by atoms with E-state index in [1.165, 1.54) is 0 Å². The summed E-state index contributed by atoms with van der Waals surface area (Å²) in [5.74, 6) is 0. The average Bonchev–Trinajstić information content (AvgIpc) is 2.39. The normalized spacial score (nSPS) is 11.1. The van der Waals surface area contributed by atoms with E-state index in [0.29, 0.717) is 16.6 Å². The number of nitrogens with zero attached hydrogens (tertiary/aromatic N) is 2. The van der Waals surface area contributed by atoms with Crippen molar-refractivity contribution in [2.75, 3.05) is 0 Å². The molecule has 19 heavy (non-hydrogen) atoms. The van der Waals surface area contributed by atoms with Gasteiger partial charge in [-0.05, 0) is 29.8 Å². The molecule has 0 N–H and O–H groups in total. The molecule has 0 aliphatic rings. The van der Waals surface area contributed by atoms with Gasteiger partial charge in [0.25, 0.3) is 0 Å². The van der Waals surface area contributed by atoms with Crippen LogP contribution >= 0.6 is 23.2 Å². The van der Waals surface area contributed by atoms with E-state index in [-0.39, 0.29) is 0 Å². The van der Waals surface area contributed by atoms with Crippen LogP contribution in [0.3, 0.4) is 0 Å². The number of para-hydroxylation sites is 2. The summed E-state index contributed by atoms with van der Waals surface area (Å²) in [5, 5.41) is 1.20. The molecule has 0 radical (unpaired) electrons. The standard InChI is InChI=1S/C14H10Cl2N2O/c15-11-6-5-10(12(16)7-11)8-17-13-3-1-2-4-14(13)18(17)9-19/h1-7,9H,8H2. The molecule has 0 bridgehead atoms. The minimum Gasteiger partial charge on any atom is -0.276 e. The quantitative estimate of drug-likeness (QED) is 0.674. The van der Waals surface area contributed by atoms with Crippen molar-refractivity contribution in [3.05, 3.63) is 58.1 Å². The highest BCUT2D eigenvalue weighted by molar-refractivity contribution is 6.35. The van der Waals surface area contributed by atoms with Gasteiger partial charge < -0.3 is 0 Å². The van der Waals surface area contributed by atoms with E-state index in [1.54, 1.807) is 16.8 Å². The first-order valence-electron chi connectivity index (χ1n) is 5.75. The summed E-state index contributed by atoms with van der Waals surface area (Å²) in [7, 11) is 0. The van der Waals surface area contributed by atoms with Crippen molar-refractivity contribution in [2.45, 2.75) is 6.54 Å². The Bertz CT molecular complexity index is 758. The molecule has 0 spiro atoms. The second-order valence-electron chi connectivity index (χ2n) is 4.23. The Morgan fingerprint density at radius 1 is 1.05 bits per heavy atom. The maximum absolute atomic E-state index is 11.1. The lowest BCUT2D eigenvalue weighted by atomic mass is 10.2. The third-order valence-corrected chi connectivity index (χ3v) is 3.69. The number of rotatable bonds is 3. The molecule has 5 heteroatoms. The topological polar surface area (TPSA) is 26.9 Å². The zero-order chi connectivity index (χ0) is 13.4. The molecule has 0 atom stereocenters. The van der Waals surface area contributed by atoms with Gasteiger partial charge >= 0.3 is 0 Å². The molecule has 0 saturated carbocycles. The Kier molecular flexibility index (Phi) is 3.09. The van der Waals surface area contributed by atoms with E-state index >= 15 is 0 Å². The predicted octanol–water partition coefficient (Wildman–Crippen LogP) is 3.84. The lowest BCUT2D eigenvalue weighted by Crippen LogP contribution is -2.23. The Hall–Kier alpha value is -1.71. The summed E-state index contributed by atoms with van der Waals surface area (Å²) < 4.78 is 3.44. The highest BCUT2D eigenvalue weighted by atomic mass is 35.5. The maximum Gasteiger partial charge on any atom is 0.233 e. The highest BCUT2D eigenvalue weighted by Gasteiger charge is 2.13. The molecule has 0 saturated heterocycles. The molecule has 0 amide bonds. The number of fused-ring (bicyclic) bond motifs is 1. The third-order valence-electron chi connectivity index (χ3n) is 3.10. The minimum atomic E-state index is 0.533. The summed E-state index contributed by atoms with van der Waals surface area (Å²) in [5.41, 5.74) is 2.84. The first-order valence-corrected chi connectivity index (χ1v) is 6.51. The van der Waals surface area contributed by atoms with E-state index in [1.807, 2.05) is 35.0 Å². The van der Waals surface area contributed by atoms with Gasteiger partial charge in [0.15, 0.2) is 0 Å². The zero-order valence-electron chi connectivity index (χ0n) is 9.88. The van der Waals surface area contributed by atoms with Gasteiger partial charge in [-0.25, -0.2) is 4.68 Å². The molecule has 1 aromatic heterocycles. The van der Waals surface area contributed by atoms with Crippen LogP contribution in [0.5, 0.6) is 0 Å². The van der Waals surface area contributed by atoms with Crippen molar-refractivity contribution < 1.29 is 4.79 Å². The number of hydrogen-bond donors (Lipinski definition) is 0. The molecule has 3 nitrogen and oxygen atoms in total. The zero-order valence-corrected chi connectivity index (χ0v) is 11.4. The Morgan fingerprint density at radius 3 is 2.47 bits per heavy atom. The third kappa shape index (κ3) is 2.05. The smallest absolute Gasteiger partial charge is 0.233 e. The van der Waals surface area contributed by atoms with Crippen molar-refractivity contribution in [2.24, 2.45) is 0 Å². The first-order chi connectivity index (χ1) is 9.20. The second kappa shape index (κ2) is 4.76. The van der Waals surface area contributed by atoms with Crippen LogP contribution in [-0.2, 0) is 11.3 Å². The SMILES string of the molecule is O=Cn1c2ccccc2n1Cc1ccc(Cl)cc1Cl. The molecule has 0 fully saturated rings. The Labute approximate surface area is 119 Å². The molecular formula is C14H10Cl2N2O. The fourth-order valence-electron chi connectivity index (χ4n) is 2.16. The highest BCUT2D eigenvalue weighted by Crippen LogP contribution is 2.25. The van der Waals surface area contributed by atoms with E-state index in [0.717, 1.165) is 23.0 Å². The summed E-state index contributed by atoms with van der Waals surface area (Å²) in [6.45, 7) is 0.533. The van der Waals surface area contributed by atoms with Gasteiger partial charge in [-0.15, -0.1) is 0 Å². The molecule has 96 valence electrons. The molecule has 0 aliphatic carbocycles. The van der Waals surface area contributed by atoms with Crippen molar-refractivity contribution in [3.63, 3.8) is 0 Å². The number of halogens is 2. The second-order valence-corrected chi connectivity index (χ2v) is 5.08. The van der Waals surface area contributed by atoms with Crippen LogP contribution in [-0.4, -0.2) is 15.8 Å². The summed E-state index contributed by atoms with van der Waals surface area (Å²) in [4.78, 5) is 11.1. The monoisotopic (exact) mass is 292 g/mol. The van der Waals surface area contributed by atoms with E-state index in [2.05, 4.69) is 0 Å². The summed E-state index contributed by atoms with van der Waals surface area (Å²) >= 11 is 12.0. The average molecular weight is 293 g/mol.